The first kappa shape index (κ1) is 107. The van der Waals surface area contributed by atoms with E-state index in [1.807, 2.05) is 81.4 Å². The van der Waals surface area contributed by atoms with Crippen LogP contribution in [-0.2, 0) is 0 Å². The first-order valence-corrected chi connectivity index (χ1v) is 39.9. The molecule has 28 nitrogen and oxygen atoms in total. The molecule has 0 aliphatic rings. The highest BCUT2D eigenvalue weighted by atomic mass is 35.5. The van der Waals surface area contributed by atoms with E-state index in [9.17, 15) is 0 Å². The molecule has 0 aliphatic heterocycles. The van der Waals surface area contributed by atoms with Crippen molar-refractivity contribution in [1.82, 2.24) is 43.4 Å². The molecule has 24 N–H and O–H groups in total. The van der Waals surface area contributed by atoms with Crippen LogP contribution >= 0.6 is 144 Å². The molecule has 8 aromatic rings. The molecule has 0 aliphatic carbocycles. The summed E-state index contributed by atoms with van der Waals surface area (Å²) in [4.78, 5) is 0. The van der Waals surface area contributed by atoms with E-state index in [-0.39, 0.29) is 40.9 Å². The Hall–Kier alpha value is -11.0. The van der Waals surface area contributed by atoms with Gasteiger partial charge in [0.2, 0.25) is 0 Å². The van der Waals surface area contributed by atoms with Gasteiger partial charge in [0.15, 0.2) is 40.9 Å². The molecule has 0 amide bonds. The fourth-order valence-corrected chi connectivity index (χ4v) is 10.4. The van der Waals surface area contributed by atoms with Gasteiger partial charge < -0.3 is 64.8 Å². The highest BCUT2D eigenvalue weighted by Gasteiger charge is 2.10. The molecule has 0 spiro atoms. The summed E-state index contributed by atoms with van der Waals surface area (Å²) < 4.78 is 20.9. The Bertz CT molecular complexity index is 5050. The number of benzene rings is 8. The Labute approximate surface area is 764 Å². The maximum Gasteiger partial charge on any atom is 0.184 e. The Kier molecular flexibility index (Phi) is 53.2. The normalized spacial score (nSPS) is 10.4. The van der Waals surface area contributed by atoms with Gasteiger partial charge >= 0.3 is 0 Å². The number of aryl methyl sites for hydroxylation is 9. The third-order valence-corrected chi connectivity index (χ3v) is 17.2. The maximum atomic E-state index is 6.00. The van der Waals surface area contributed by atoms with Crippen molar-refractivity contribution in [2.45, 2.75) is 83.1 Å². The van der Waals surface area contributed by atoms with Crippen LogP contribution < -0.4 is 108 Å². The minimum atomic E-state index is 0.0759. The molecule has 8 rings (SSSR count). The summed E-state index contributed by atoms with van der Waals surface area (Å²) in [5.74, 6) is 2.86. The standard InChI is InChI=1S/3C11H15N3S.3C10H13N3OS.C9H9Cl2N3OS.C8H7Cl2N3S/c1-7-4-9(3)10(5-8(7)2)6-13-14-11(12)15;1-7-4-8(2)9(3)10(5-7)6-13-14-11(12)15;1-7-4-5-8(2)10(9(7)3)6-13-14-11(12)15;1-7-3-4-8(9(5-7)14-2)6-12-13-10(11)15;1-7-4-3-5-8(9(7)14-2)6-12-13-10(11)15;1-2-14-9-6-4-3-5-8(9)7-12-13-10(11)15;1-15-6-3-2-5(7(10)8(6)11)4-13-14-9(12)16;9-6-2-1-5(7(10)3-6)4-12-13-8(11)14/h3*4-6H,1-3H3,(H3,12,14,15);2*3-6H,1-2H3,(H3,11,13,15);3-7H,2H2,1H3,(H3,11,13,15);2-4H,1H3,(H3,12,14,16);1-4H,(H3,11,13,14)/b3*13-6+;2*12-6+;12-7+;13-4+;12-4+. The van der Waals surface area contributed by atoms with Crippen LogP contribution in [0.1, 0.15) is 113 Å². The minimum absolute atomic E-state index is 0.0759. The van der Waals surface area contributed by atoms with Gasteiger partial charge in [0.1, 0.15) is 28.0 Å². The molecule has 0 unspecified atom stereocenters. The summed E-state index contributed by atoms with van der Waals surface area (Å²) >= 11 is 60.5. The van der Waals surface area contributed by atoms with Crippen LogP contribution in [0.25, 0.3) is 0 Å². The quantitative estimate of drug-likeness (QED) is 0.0180. The summed E-state index contributed by atoms with van der Waals surface area (Å²) in [6.45, 7) is 25.1. The van der Waals surface area contributed by atoms with E-state index in [0.717, 1.165) is 67.3 Å². The topological polar surface area (TPSA) is 440 Å². The number of hydrogen-bond acceptors (Lipinski definition) is 20. The molecule has 8 aromatic carbocycles. The van der Waals surface area contributed by atoms with Gasteiger partial charge in [-0.1, -0.05) is 119 Å². The van der Waals surface area contributed by atoms with Crippen LogP contribution in [-0.4, -0.2) is 119 Å². The number of methoxy groups -OCH3 is 3. The first-order valence-electron chi connectivity index (χ1n) is 35.1. The van der Waals surface area contributed by atoms with Crippen molar-refractivity contribution in [2.75, 3.05) is 27.9 Å². The number of thiocarbonyl (C=S) groups is 8. The Balaban J connectivity index is 0.000000686. The van der Waals surface area contributed by atoms with Crippen LogP contribution in [0.15, 0.2) is 168 Å². The lowest BCUT2D eigenvalue weighted by molar-refractivity contribution is 0.340. The van der Waals surface area contributed by atoms with Crippen LogP contribution in [0.3, 0.4) is 0 Å². The van der Waals surface area contributed by atoms with Crippen LogP contribution in [0.5, 0.6) is 23.0 Å². The molecule has 0 aromatic heterocycles. The van der Waals surface area contributed by atoms with E-state index in [0.29, 0.717) is 38.0 Å². The van der Waals surface area contributed by atoms with Gasteiger partial charge in [0.05, 0.1) is 87.7 Å². The fraction of sp³-hybridized carbons (Fsp3) is 0.200. The average Bonchev–Trinajstić information content (AvgIpc) is 0.816. The number of ether oxygens (including phenoxy) is 4. The molecule has 0 bridgehead atoms. The lowest BCUT2D eigenvalue weighted by atomic mass is 9.99. The predicted octanol–water partition coefficient (Wildman–Crippen LogP) is 13.3. The monoisotopic (exact) mass is 1860 g/mol. The molecular weight excluding hydrogens is 1760 g/mol. The lowest BCUT2D eigenvalue weighted by Crippen LogP contribution is -2.24. The van der Waals surface area contributed by atoms with Crippen molar-refractivity contribution in [3.05, 3.63) is 253 Å². The zero-order valence-electron chi connectivity index (χ0n) is 68.6. The molecular formula is C80H100Cl4N24O4S8. The lowest BCUT2D eigenvalue weighted by Gasteiger charge is -2.07. The second kappa shape index (κ2) is 59.6. The molecule has 0 fully saturated rings. The SMILES string of the molecule is CCOc1ccccc1/C=N/NC(N)=S.COc1c(C)cccc1/C=N/NC(N)=S.COc1cc(C)ccc1/C=N/NC(N)=S.COc1ccc(/C=N/NC(N)=S)c(Cl)c1Cl.Cc1cc(C)c(/C=N/NC(N)=S)cc1C.Cc1cc(C)c(C)c(/C=N/NC(N)=S)c1.Cc1ccc(C)c(/C=N/NC(N)=S)c1C.NC(=S)N/N=C/c1ccc(Cl)cc1Cl. The Morgan fingerprint density at radius 3 is 1.22 bits per heavy atom. The zero-order valence-corrected chi connectivity index (χ0v) is 78.1. The molecule has 640 valence electrons. The number of halogens is 4. The summed E-state index contributed by atoms with van der Waals surface area (Å²) in [6.07, 6.45) is 13.0. The van der Waals surface area contributed by atoms with Crippen LogP contribution in [0.4, 0.5) is 0 Å². The van der Waals surface area contributed by atoms with Crippen LogP contribution in [0.2, 0.25) is 20.1 Å². The number of nitrogens with zero attached hydrogens (tertiary/aromatic N) is 8. The second-order valence-corrected chi connectivity index (χ2v) is 29.4. The van der Waals surface area contributed by atoms with Gasteiger partial charge in [-0.05, 0) is 308 Å². The fourth-order valence-electron chi connectivity index (χ4n) is 9.08. The van der Waals surface area contributed by atoms with E-state index in [4.69, 9.17) is 111 Å². The third kappa shape index (κ3) is 45.3. The first-order chi connectivity index (χ1) is 56.7. The molecule has 0 heterocycles. The zero-order chi connectivity index (χ0) is 90.6. The van der Waals surface area contributed by atoms with Gasteiger partial charge in [0.25, 0.3) is 0 Å². The smallest absolute Gasteiger partial charge is 0.184 e. The molecule has 0 saturated carbocycles. The number of hydrazone groups is 8. The molecule has 0 saturated heterocycles. The van der Waals surface area contributed by atoms with E-state index < -0.39 is 0 Å². The highest BCUT2D eigenvalue weighted by molar-refractivity contribution is 7.81. The molecule has 40 heteroatoms. The summed E-state index contributed by atoms with van der Waals surface area (Å²) in [7, 11) is 4.76. The van der Waals surface area contributed by atoms with Gasteiger partial charge in [-0.15, -0.1) is 0 Å². The van der Waals surface area contributed by atoms with Crippen molar-refractivity contribution in [3.8, 4) is 23.0 Å². The molecule has 0 atom stereocenters. The van der Waals surface area contributed by atoms with Crippen molar-refractivity contribution < 1.29 is 18.9 Å². The Morgan fingerprint density at radius 1 is 0.317 bits per heavy atom. The predicted molar refractivity (Wildman–Crippen MR) is 535 cm³/mol. The van der Waals surface area contributed by atoms with E-state index in [2.05, 4.69) is 281 Å². The largest absolute Gasteiger partial charge is 0.496 e. The van der Waals surface area contributed by atoms with Gasteiger partial charge in [-0.2, -0.15) is 40.8 Å². The summed E-state index contributed by atoms with van der Waals surface area (Å²) in [5.41, 5.74) is 82.3. The van der Waals surface area contributed by atoms with Crippen molar-refractivity contribution in [1.29, 1.82) is 0 Å². The van der Waals surface area contributed by atoms with E-state index in [1.165, 1.54) is 69.6 Å². The van der Waals surface area contributed by atoms with Gasteiger partial charge in [-0.3, -0.25) is 43.4 Å². The maximum absolute atomic E-state index is 6.00. The number of hydrogen-bond donors (Lipinski definition) is 16. The van der Waals surface area contributed by atoms with E-state index >= 15 is 0 Å². The number of nitrogens with two attached hydrogens (primary N) is 8. The highest BCUT2D eigenvalue weighted by Crippen LogP contribution is 2.34. The Morgan fingerprint density at radius 2 is 0.733 bits per heavy atom. The van der Waals surface area contributed by atoms with Crippen molar-refractivity contribution in [2.24, 2.45) is 86.7 Å². The van der Waals surface area contributed by atoms with Crippen molar-refractivity contribution in [3.63, 3.8) is 0 Å². The van der Waals surface area contributed by atoms with Crippen molar-refractivity contribution >= 4 is 235 Å². The number of nitrogens with one attached hydrogen (secondary N) is 8. The van der Waals surface area contributed by atoms with Crippen LogP contribution in [0, 0.1) is 76.2 Å². The average molecular weight is 1860 g/mol. The van der Waals surface area contributed by atoms with Gasteiger partial charge in [-0.25, -0.2) is 0 Å². The molecule has 0 radical (unpaired) electrons. The third-order valence-electron chi connectivity index (χ3n) is 15.1. The van der Waals surface area contributed by atoms with E-state index in [1.54, 1.807) is 81.8 Å². The summed E-state index contributed by atoms with van der Waals surface area (Å²) in [5, 5.41) is 33.9. The number of para-hydroxylation sites is 2. The summed E-state index contributed by atoms with van der Waals surface area (Å²) in [6, 6.07) is 40.3. The molecule has 120 heavy (non-hydrogen) atoms. The second-order valence-electron chi connectivity index (χ2n) is 24.3. The van der Waals surface area contributed by atoms with Gasteiger partial charge in [0, 0.05) is 38.4 Å². The number of rotatable bonds is 21. The minimum Gasteiger partial charge on any atom is -0.496 e.